The van der Waals surface area contributed by atoms with Crippen LogP contribution in [0, 0.1) is 16.7 Å². The lowest BCUT2D eigenvalue weighted by Gasteiger charge is -2.29. The van der Waals surface area contributed by atoms with Crippen LogP contribution in [0.25, 0.3) is 0 Å². The van der Waals surface area contributed by atoms with Crippen molar-refractivity contribution < 1.29 is 4.74 Å². The van der Waals surface area contributed by atoms with E-state index in [1.54, 1.807) is 0 Å². The molecule has 1 aliphatic heterocycles. The average Bonchev–Trinajstić information content (AvgIpc) is 2.07. The Morgan fingerprint density at radius 1 is 1.45 bits per heavy atom. The van der Waals surface area contributed by atoms with Crippen molar-refractivity contribution in [1.82, 2.24) is 0 Å². The van der Waals surface area contributed by atoms with E-state index >= 15 is 0 Å². The number of hydrogen-bond donors (Lipinski definition) is 0. The quantitative estimate of drug-likeness (QED) is 0.665. The summed E-state index contributed by atoms with van der Waals surface area (Å²) in [7, 11) is 0. The lowest BCUT2D eigenvalue weighted by atomic mass is 9.79. The molecule has 1 saturated heterocycles. The van der Waals surface area contributed by atoms with Crippen LogP contribution < -0.4 is 0 Å². The van der Waals surface area contributed by atoms with Gasteiger partial charge in [-0.1, -0.05) is 15.9 Å². The largest absolute Gasteiger partial charge is 0.381 e. The Morgan fingerprint density at radius 3 is 2.55 bits per heavy atom. The van der Waals surface area contributed by atoms with E-state index in [2.05, 4.69) is 22.0 Å². The Balaban J connectivity index is 2.51. The Hall–Kier alpha value is -0.0700. The molecule has 0 amide bonds. The first kappa shape index (κ1) is 9.02. The number of hydrogen-bond acceptors (Lipinski definition) is 2. The Bertz CT molecular complexity index is 152. The highest BCUT2D eigenvalue weighted by Crippen LogP contribution is 2.33. The minimum absolute atomic E-state index is 0.0955. The third-order valence-electron chi connectivity index (χ3n) is 2.26. The maximum atomic E-state index is 8.95. The molecule has 0 aromatic carbocycles. The predicted octanol–water partition coefficient (Wildman–Crippen LogP) is 2.09. The smallest absolute Gasteiger partial charge is 0.0691 e. The summed E-state index contributed by atoms with van der Waals surface area (Å²) in [6.45, 7) is 1.50. The van der Waals surface area contributed by atoms with Gasteiger partial charge in [0.2, 0.25) is 0 Å². The average molecular weight is 218 g/mol. The Morgan fingerprint density at radius 2 is 2.09 bits per heavy atom. The lowest BCUT2D eigenvalue weighted by molar-refractivity contribution is 0.0396. The molecular weight excluding hydrogens is 206 g/mol. The summed E-state index contributed by atoms with van der Waals surface area (Å²) in [5, 5.41) is 9.86. The molecular formula is C8H12BrNO. The number of alkyl halides is 1. The van der Waals surface area contributed by atoms with Crippen LogP contribution in [0.3, 0.4) is 0 Å². The van der Waals surface area contributed by atoms with Crippen LogP contribution in [-0.2, 0) is 4.74 Å². The molecule has 2 nitrogen and oxygen atoms in total. The van der Waals surface area contributed by atoms with Gasteiger partial charge >= 0.3 is 0 Å². The molecule has 1 fully saturated rings. The number of nitrogens with zero attached hydrogens (tertiary/aromatic N) is 1. The Labute approximate surface area is 75.7 Å². The fourth-order valence-corrected chi connectivity index (χ4v) is 2.12. The summed E-state index contributed by atoms with van der Waals surface area (Å²) < 4.78 is 5.21. The van der Waals surface area contributed by atoms with Crippen molar-refractivity contribution in [3.63, 3.8) is 0 Å². The normalized spacial score (nSPS) is 22.5. The standard InChI is InChI=1S/C8H12BrNO/c9-4-1-8(7-10)2-5-11-6-3-8/h1-6H2. The molecule has 62 valence electrons. The molecule has 1 aliphatic rings. The van der Waals surface area contributed by atoms with Gasteiger partial charge in [0.25, 0.3) is 0 Å². The second-order valence-electron chi connectivity index (χ2n) is 2.94. The van der Waals surface area contributed by atoms with Crippen LogP contribution in [-0.4, -0.2) is 18.5 Å². The minimum Gasteiger partial charge on any atom is -0.381 e. The van der Waals surface area contributed by atoms with Gasteiger partial charge < -0.3 is 4.74 Å². The van der Waals surface area contributed by atoms with E-state index < -0.39 is 0 Å². The van der Waals surface area contributed by atoms with E-state index in [1.807, 2.05) is 0 Å². The molecule has 1 heterocycles. The van der Waals surface area contributed by atoms with Crippen molar-refractivity contribution in [1.29, 1.82) is 5.26 Å². The van der Waals surface area contributed by atoms with Crippen molar-refractivity contribution in [3.8, 4) is 6.07 Å². The van der Waals surface area contributed by atoms with E-state index in [4.69, 9.17) is 10.00 Å². The second kappa shape index (κ2) is 4.08. The minimum atomic E-state index is -0.0955. The van der Waals surface area contributed by atoms with Gasteiger partial charge in [0.1, 0.15) is 0 Å². The zero-order valence-corrected chi connectivity index (χ0v) is 8.06. The summed E-state index contributed by atoms with van der Waals surface area (Å²) in [5.74, 6) is 0. The maximum absolute atomic E-state index is 8.95. The first-order valence-corrected chi connectivity index (χ1v) is 5.00. The molecule has 0 bridgehead atoms. The summed E-state index contributed by atoms with van der Waals surface area (Å²) in [6.07, 6.45) is 2.75. The molecule has 0 atom stereocenters. The van der Waals surface area contributed by atoms with E-state index in [-0.39, 0.29) is 5.41 Å². The van der Waals surface area contributed by atoms with Gasteiger partial charge in [0, 0.05) is 18.5 Å². The summed E-state index contributed by atoms with van der Waals surface area (Å²) in [5.41, 5.74) is -0.0955. The number of nitriles is 1. The predicted molar refractivity (Wildman–Crippen MR) is 46.5 cm³/mol. The molecule has 0 radical (unpaired) electrons. The van der Waals surface area contributed by atoms with Gasteiger partial charge in [-0.3, -0.25) is 0 Å². The van der Waals surface area contributed by atoms with Crippen LogP contribution in [0.1, 0.15) is 19.3 Å². The molecule has 11 heavy (non-hydrogen) atoms. The van der Waals surface area contributed by atoms with Crippen LogP contribution in [0.5, 0.6) is 0 Å². The van der Waals surface area contributed by atoms with Crippen LogP contribution >= 0.6 is 15.9 Å². The first-order valence-electron chi connectivity index (χ1n) is 3.88. The van der Waals surface area contributed by atoms with E-state index in [0.29, 0.717) is 0 Å². The maximum Gasteiger partial charge on any atom is 0.0691 e. The van der Waals surface area contributed by atoms with Crippen LogP contribution in [0.4, 0.5) is 0 Å². The number of rotatable bonds is 2. The van der Waals surface area contributed by atoms with Gasteiger partial charge in [-0.25, -0.2) is 0 Å². The van der Waals surface area contributed by atoms with E-state index in [0.717, 1.165) is 37.8 Å². The zero-order chi connectivity index (χ0) is 8.16. The van der Waals surface area contributed by atoms with Gasteiger partial charge in [0.15, 0.2) is 0 Å². The fourth-order valence-electron chi connectivity index (χ4n) is 1.36. The summed E-state index contributed by atoms with van der Waals surface area (Å²) in [4.78, 5) is 0. The van der Waals surface area contributed by atoms with Crippen molar-refractivity contribution in [2.24, 2.45) is 5.41 Å². The van der Waals surface area contributed by atoms with Crippen LogP contribution in [0.15, 0.2) is 0 Å². The van der Waals surface area contributed by atoms with E-state index in [1.165, 1.54) is 0 Å². The first-order chi connectivity index (χ1) is 5.33. The third-order valence-corrected chi connectivity index (χ3v) is 2.66. The highest BCUT2D eigenvalue weighted by molar-refractivity contribution is 9.09. The highest BCUT2D eigenvalue weighted by atomic mass is 79.9. The molecule has 0 saturated carbocycles. The highest BCUT2D eigenvalue weighted by Gasteiger charge is 2.31. The molecule has 0 spiro atoms. The van der Waals surface area contributed by atoms with Crippen molar-refractivity contribution >= 4 is 15.9 Å². The summed E-state index contributed by atoms with van der Waals surface area (Å²) in [6, 6.07) is 2.41. The molecule has 0 N–H and O–H groups in total. The van der Waals surface area contributed by atoms with Crippen molar-refractivity contribution in [2.75, 3.05) is 18.5 Å². The molecule has 1 rings (SSSR count). The molecule has 0 aromatic rings. The van der Waals surface area contributed by atoms with Gasteiger partial charge in [0.05, 0.1) is 11.5 Å². The fraction of sp³-hybridized carbons (Fsp3) is 0.875. The zero-order valence-electron chi connectivity index (χ0n) is 6.48. The van der Waals surface area contributed by atoms with Crippen molar-refractivity contribution in [2.45, 2.75) is 19.3 Å². The molecule has 0 unspecified atom stereocenters. The monoisotopic (exact) mass is 217 g/mol. The van der Waals surface area contributed by atoms with Gasteiger partial charge in [-0.2, -0.15) is 5.26 Å². The SMILES string of the molecule is N#CC1(CCBr)CCOCC1. The second-order valence-corrected chi connectivity index (χ2v) is 3.74. The van der Waals surface area contributed by atoms with Crippen molar-refractivity contribution in [3.05, 3.63) is 0 Å². The molecule has 3 heteroatoms. The summed E-state index contributed by atoms with van der Waals surface area (Å²) >= 11 is 3.37. The van der Waals surface area contributed by atoms with Gasteiger partial charge in [-0.15, -0.1) is 0 Å². The van der Waals surface area contributed by atoms with Crippen LogP contribution in [0.2, 0.25) is 0 Å². The molecule has 0 aromatic heterocycles. The van der Waals surface area contributed by atoms with E-state index in [9.17, 15) is 0 Å². The lowest BCUT2D eigenvalue weighted by Crippen LogP contribution is -2.28. The molecule has 0 aliphatic carbocycles. The topological polar surface area (TPSA) is 33.0 Å². The number of ether oxygens (including phenoxy) is 1. The number of halogens is 1. The Kier molecular flexibility index (Phi) is 3.35. The van der Waals surface area contributed by atoms with Gasteiger partial charge in [-0.05, 0) is 19.3 Å². The third kappa shape index (κ3) is 2.18.